The third-order valence-corrected chi connectivity index (χ3v) is 9.66. The molecule has 2 aromatic heterocycles. The van der Waals surface area contributed by atoms with Crippen molar-refractivity contribution in [1.29, 1.82) is 0 Å². The van der Waals surface area contributed by atoms with Crippen LogP contribution in [0.3, 0.4) is 0 Å². The van der Waals surface area contributed by atoms with Gasteiger partial charge < -0.3 is 14.7 Å². The smallest absolute Gasteiger partial charge is 0.303 e. The number of thiophene rings is 1. The summed E-state index contributed by atoms with van der Waals surface area (Å²) in [6.07, 6.45) is 8.59. The van der Waals surface area contributed by atoms with E-state index in [2.05, 4.69) is 41.1 Å². The summed E-state index contributed by atoms with van der Waals surface area (Å²) in [5, 5.41) is 10.5. The Bertz CT molecular complexity index is 1130. The van der Waals surface area contributed by atoms with Crippen LogP contribution in [0.5, 0.6) is 5.75 Å². The van der Waals surface area contributed by atoms with Crippen LogP contribution in [0.4, 0.5) is 0 Å². The number of aromatic nitrogens is 1. The Labute approximate surface area is 223 Å². The molecule has 0 radical (unpaired) electrons. The highest BCUT2D eigenvalue weighted by molar-refractivity contribution is 8.01. The number of fused-ring (bicyclic) bond motifs is 1. The molecule has 194 valence electrons. The Kier molecular flexibility index (Phi) is 10.1. The number of rotatable bonds is 13. The number of thioether (sulfide) groups is 1. The van der Waals surface area contributed by atoms with Gasteiger partial charge in [-0.15, -0.1) is 23.1 Å². The fourth-order valence-electron chi connectivity index (χ4n) is 5.41. The van der Waals surface area contributed by atoms with Crippen LogP contribution >= 0.6 is 23.1 Å². The van der Waals surface area contributed by atoms with E-state index in [9.17, 15) is 9.90 Å². The van der Waals surface area contributed by atoms with Crippen molar-refractivity contribution in [2.45, 2.75) is 56.1 Å². The van der Waals surface area contributed by atoms with Crippen LogP contribution in [-0.4, -0.2) is 53.5 Å². The largest absolute Gasteiger partial charge is 0.497 e. The van der Waals surface area contributed by atoms with Gasteiger partial charge in [-0.1, -0.05) is 0 Å². The average molecular weight is 527 g/mol. The first-order valence-corrected chi connectivity index (χ1v) is 14.9. The van der Waals surface area contributed by atoms with E-state index in [4.69, 9.17) is 4.74 Å². The van der Waals surface area contributed by atoms with Crippen LogP contribution in [0.15, 0.2) is 46.8 Å². The highest BCUT2D eigenvalue weighted by atomic mass is 32.2. The number of pyridine rings is 1. The SMILES string of the molecule is COc1ccc2nccc(CCCC3CCN(CCCSc4ccc(C)s4)CC3CCC(=O)O)c2c1. The van der Waals surface area contributed by atoms with E-state index in [1.807, 2.05) is 41.4 Å². The van der Waals surface area contributed by atoms with Gasteiger partial charge in [0.2, 0.25) is 0 Å². The number of hydrogen-bond donors (Lipinski definition) is 1. The first-order chi connectivity index (χ1) is 17.5. The second-order valence-corrected chi connectivity index (χ2v) is 12.5. The number of hydrogen-bond acceptors (Lipinski definition) is 6. The van der Waals surface area contributed by atoms with Crippen LogP contribution in [0.25, 0.3) is 10.9 Å². The molecule has 0 saturated carbocycles. The molecule has 1 fully saturated rings. The summed E-state index contributed by atoms with van der Waals surface area (Å²) in [7, 11) is 1.70. The van der Waals surface area contributed by atoms with Gasteiger partial charge in [0.15, 0.2) is 0 Å². The number of carboxylic acids is 1. The predicted molar refractivity (Wildman–Crippen MR) is 151 cm³/mol. The number of methoxy groups -OCH3 is 1. The molecule has 1 saturated heterocycles. The molecule has 2 unspecified atom stereocenters. The van der Waals surface area contributed by atoms with Crippen molar-refractivity contribution in [3.63, 3.8) is 0 Å². The summed E-state index contributed by atoms with van der Waals surface area (Å²) in [5.74, 6) is 2.40. The molecular weight excluding hydrogens is 488 g/mol. The molecule has 7 heteroatoms. The molecule has 0 aliphatic carbocycles. The van der Waals surface area contributed by atoms with E-state index in [-0.39, 0.29) is 6.42 Å². The van der Waals surface area contributed by atoms with E-state index in [0.717, 1.165) is 62.3 Å². The van der Waals surface area contributed by atoms with Crippen LogP contribution < -0.4 is 4.74 Å². The molecule has 4 rings (SSSR count). The maximum absolute atomic E-state index is 11.3. The van der Waals surface area contributed by atoms with Crippen molar-refractivity contribution in [3.05, 3.63) is 53.0 Å². The fourth-order valence-corrected chi connectivity index (χ4v) is 7.52. The average Bonchev–Trinajstić information content (AvgIpc) is 3.30. The molecule has 1 aliphatic heterocycles. The van der Waals surface area contributed by atoms with Crippen LogP contribution in [-0.2, 0) is 11.2 Å². The highest BCUT2D eigenvalue weighted by Gasteiger charge is 2.29. The Hall–Kier alpha value is -2.09. The summed E-state index contributed by atoms with van der Waals surface area (Å²) < 4.78 is 6.83. The van der Waals surface area contributed by atoms with E-state index in [1.165, 1.54) is 32.9 Å². The number of likely N-dealkylation sites (tertiary alicyclic amines) is 1. The summed E-state index contributed by atoms with van der Waals surface area (Å²) >= 11 is 3.84. The first-order valence-electron chi connectivity index (χ1n) is 13.1. The minimum absolute atomic E-state index is 0.275. The number of carboxylic acid groups (broad SMARTS) is 1. The molecule has 3 aromatic rings. The Morgan fingerprint density at radius 2 is 2.08 bits per heavy atom. The zero-order valence-corrected chi connectivity index (χ0v) is 23.1. The van der Waals surface area contributed by atoms with Crippen molar-refractivity contribution in [2.24, 2.45) is 11.8 Å². The maximum atomic E-state index is 11.3. The Balaban J connectivity index is 1.28. The molecule has 36 heavy (non-hydrogen) atoms. The lowest BCUT2D eigenvalue weighted by atomic mass is 9.79. The monoisotopic (exact) mass is 526 g/mol. The van der Waals surface area contributed by atoms with Gasteiger partial charge in [0, 0.05) is 35.2 Å². The molecule has 0 bridgehead atoms. The summed E-state index contributed by atoms with van der Waals surface area (Å²) in [4.78, 5) is 19.8. The van der Waals surface area contributed by atoms with Gasteiger partial charge in [0.25, 0.3) is 0 Å². The van der Waals surface area contributed by atoms with Gasteiger partial charge >= 0.3 is 5.97 Å². The van der Waals surface area contributed by atoms with Gasteiger partial charge in [-0.2, -0.15) is 0 Å². The number of nitrogens with zero attached hydrogens (tertiary/aromatic N) is 2. The van der Waals surface area contributed by atoms with E-state index >= 15 is 0 Å². The standard InChI is InChI=1S/C29H38N2O3S2/c1-21-7-12-29(36-21)35-18-4-16-31-17-14-22(24(20-31)8-11-28(32)33)5-3-6-23-13-15-30-27-10-9-25(34-2)19-26(23)27/h7,9-10,12-13,15,19,22,24H,3-6,8,11,14,16-18,20H2,1-2H3,(H,32,33). The molecule has 1 aromatic carbocycles. The zero-order chi connectivity index (χ0) is 25.3. The molecular formula is C29H38N2O3S2. The van der Waals surface area contributed by atoms with Crippen molar-refractivity contribution in [2.75, 3.05) is 32.5 Å². The molecule has 3 heterocycles. The van der Waals surface area contributed by atoms with Gasteiger partial charge in [0.05, 0.1) is 16.8 Å². The molecule has 5 nitrogen and oxygen atoms in total. The first kappa shape index (κ1) is 27.0. The minimum atomic E-state index is -0.675. The third-order valence-electron chi connectivity index (χ3n) is 7.34. The molecule has 2 atom stereocenters. The third kappa shape index (κ3) is 7.70. The van der Waals surface area contributed by atoms with E-state index in [0.29, 0.717) is 11.8 Å². The normalized spacial score (nSPS) is 18.5. The lowest BCUT2D eigenvalue weighted by Crippen LogP contribution is -2.41. The lowest BCUT2D eigenvalue weighted by molar-refractivity contribution is -0.137. The number of piperidine rings is 1. The molecule has 0 spiro atoms. The minimum Gasteiger partial charge on any atom is -0.497 e. The van der Waals surface area contributed by atoms with Crippen molar-refractivity contribution in [3.8, 4) is 5.75 Å². The zero-order valence-electron chi connectivity index (χ0n) is 21.4. The van der Waals surface area contributed by atoms with Crippen LogP contribution in [0.1, 0.15) is 49.0 Å². The predicted octanol–water partition coefficient (Wildman–Crippen LogP) is 6.92. The Morgan fingerprint density at radius 3 is 2.86 bits per heavy atom. The number of ether oxygens (including phenoxy) is 1. The fraction of sp³-hybridized carbons (Fsp3) is 0.517. The molecule has 1 aliphatic rings. The molecule has 1 N–H and O–H groups in total. The van der Waals surface area contributed by atoms with Crippen molar-refractivity contribution < 1.29 is 14.6 Å². The van der Waals surface area contributed by atoms with Gasteiger partial charge in [-0.25, -0.2) is 0 Å². The van der Waals surface area contributed by atoms with Gasteiger partial charge in [-0.3, -0.25) is 9.78 Å². The lowest BCUT2D eigenvalue weighted by Gasteiger charge is -2.39. The van der Waals surface area contributed by atoms with Crippen LogP contribution in [0.2, 0.25) is 0 Å². The molecule has 0 amide bonds. The second-order valence-electron chi connectivity index (χ2n) is 9.85. The topological polar surface area (TPSA) is 62.7 Å². The van der Waals surface area contributed by atoms with Gasteiger partial charge in [0.1, 0.15) is 5.75 Å². The Morgan fingerprint density at radius 1 is 1.19 bits per heavy atom. The van der Waals surface area contributed by atoms with E-state index in [1.54, 1.807) is 7.11 Å². The summed E-state index contributed by atoms with van der Waals surface area (Å²) in [6, 6.07) is 12.6. The van der Waals surface area contributed by atoms with Crippen LogP contribution in [0, 0.1) is 18.8 Å². The second kappa shape index (κ2) is 13.5. The number of aliphatic carboxylic acids is 1. The van der Waals surface area contributed by atoms with Crippen molar-refractivity contribution >= 4 is 40.0 Å². The highest BCUT2D eigenvalue weighted by Crippen LogP contribution is 2.33. The summed E-state index contributed by atoms with van der Waals surface area (Å²) in [6.45, 7) is 5.44. The van der Waals surface area contributed by atoms with Crippen molar-refractivity contribution in [1.82, 2.24) is 9.88 Å². The van der Waals surface area contributed by atoms with Gasteiger partial charge in [-0.05, 0) is 112 Å². The number of carbonyl (C=O) groups is 1. The number of benzene rings is 1. The maximum Gasteiger partial charge on any atom is 0.303 e. The summed E-state index contributed by atoms with van der Waals surface area (Å²) in [5.41, 5.74) is 2.32. The van der Waals surface area contributed by atoms with E-state index < -0.39 is 5.97 Å². The quantitative estimate of drug-likeness (QED) is 0.193. The number of aryl methyl sites for hydroxylation is 2.